The first-order chi connectivity index (χ1) is 14.5. The molecule has 2 aromatic carbocycles. The monoisotopic (exact) mass is 564 g/mol. The van der Waals surface area contributed by atoms with E-state index in [4.69, 9.17) is 2.51 Å². The summed E-state index contributed by atoms with van der Waals surface area (Å²) in [4.78, 5) is 13.3. The molecular weight excluding hydrogens is 544 g/mol. The average Bonchev–Trinajstić information content (AvgIpc) is 2.74. The maximum atomic E-state index is 13.3. The van der Waals surface area contributed by atoms with E-state index in [9.17, 15) is 26.4 Å². The van der Waals surface area contributed by atoms with Crippen molar-refractivity contribution in [2.24, 2.45) is 0 Å². The number of carbonyl (C=O) groups is 1. The van der Waals surface area contributed by atoms with Crippen LogP contribution in [0.4, 0.5) is 13.2 Å². The molecule has 9 heteroatoms. The van der Waals surface area contributed by atoms with Crippen LogP contribution in [0.2, 0.25) is 0 Å². The van der Waals surface area contributed by atoms with E-state index in [1.165, 1.54) is 0 Å². The summed E-state index contributed by atoms with van der Waals surface area (Å²) in [5, 5.41) is 0. The summed E-state index contributed by atoms with van der Waals surface area (Å²) in [6, 6.07) is 16.4. The zero-order valence-corrected chi connectivity index (χ0v) is 19.7. The van der Waals surface area contributed by atoms with Crippen LogP contribution >= 0.6 is 20.2 Å². The van der Waals surface area contributed by atoms with Crippen molar-refractivity contribution in [1.29, 1.82) is 0 Å². The fourth-order valence-electron chi connectivity index (χ4n) is 2.99. The van der Waals surface area contributed by atoms with E-state index in [2.05, 4.69) is 0 Å². The van der Waals surface area contributed by atoms with E-state index < -0.39 is 35.9 Å². The first kappa shape index (κ1) is 23.7. The van der Waals surface area contributed by atoms with Gasteiger partial charge < -0.3 is 0 Å². The third-order valence-electron chi connectivity index (χ3n) is 4.80. The van der Waals surface area contributed by atoms with Crippen LogP contribution in [0.25, 0.3) is 0 Å². The van der Waals surface area contributed by atoms with Crippen LogP contribution in [0.3, 0.4) is 0 Å². The van der Waals surface area contributed by atoms with E-state index in [1.807, 2.05) is 13.8 Å². The fraction of sp³-hybridized carbons (Fsp3) is 0.227. The molecule has 0 aliphatic heterocycles. The summed E-state index contributed by atoms with van der Waals surface area (Å²) in [6.07, 6.45) is 0.442. The molecule has 0 heterocycles. The number of ketones is 1. The Balaban J connectivity index is 2.18. The molecule has 4 nitrogen and oxygen atoms in total. The van der Waals surface area contributed by atoms with Crippen LogP contribution in [-0.2, 0) is 12.6 Å². The fourth-order valence-corrected chi connectivity index (χ4v) is 10.4. The number of benzene rings is 2. The number of rotatable bonds is 6. The van der Waals surface area contributed by atoms with Gasteiger partial charge in [-0.2, -0.15) is 0 Å². The molecule has 3 rings (SSSR count). The van der Waals surface area contributed by atoms with Crippen molar-refractivity contribution >= 4 is 36.1 Å². The Kier molecular flexibility index (Phi) is 7.07. The molecule has 0 N–H and O–H groups in total. The Morgan fingerprint density at radius 1 is 0.903 bits per heavy atom. The van der Waals surface area contributed by atoms with Gasteiger partial charge in [-0.1, -0.05) is 0 Å². The molecular formula is C22H20F3IO4S. The van der Waals surface area contributed by atoms with E-state index in [0.717, 1.165) is 11.1 Å². The Bertz CT molecular complexity index is 1140. The zero-order valence-electron chi connectivity index (χ0n) is 16.7. The Hall–Kier alpha value is -1.98. The van der Waals surface area contributed by atoms with E-state index in [0.29, 0.717) is 18.3 Å². The standard InChI is InChI=1S/C22H20F3IO4S/c1-15-13-19(21(27)17-9-5-3-6-10-17)20(14-16(15)2)26(18-11-7-4-8-12-18)30-31(28,29)22(23,24)25/h3-12H,13-14H2,1-2H3. The predicted octanol–water partition coefficient (Wildman–Crippen LogP) is 6.41. The van der Waals surface area contributed by atoms with Gasteiger partial charge >= 0.3 is 187 Å². The molecule has 0 aromatic heterocycles. The van der Waals surface area contributed by atoms with Gasteiger partial charge in [0.1, 0.15) is 0 Å². The number of hydrogen-bond donors (Lipinski definition) is 0. The van der Waals surface area contributed by atoms with Crippen molar-refractivity contribution in [3.63, 3.8) is 0 Å². The Morgan fingerprint density at radius 3 is 1.97 bits per heavy atom. The van der Waals surface area contributed by atoms with Crippen LogP contribution < -0.4 is 0 Å². The van der Waals surface area contributed by atoms with Gasteiger partial charge in [0.25, 0.3) is 0 Å². The Labute approximate surface area is 186 Å². The van der Waals surface area contributed by atoms with Crippen LogP contribution in [0.15, 0.2) is 81.0 Å². The van der Waals surface area contributed by atoms with Crippen molar-refractivity contribution in [2.45, 2.75) is 32.2 Å². The number of carbonyl (C=O) groups excluding carboxylic acids is 1. The minimum atomic E-state index is -5.83. The van der Waals surface area contributed by atoms with E-state index in [1.54, 1.807) is 60.7 Å². The number of alkyl halides is 3. The number of allylic oxidation sites excluding steroid dienone is 4. The van der Waals surface area contributed by atoms with Gasteiger partial charge in [-0.15, -0.1) is 0 Å². The van der Waals surface area contributed by atoms with Gasteiger partial charge in [0, 0.05) is 0 Å². The maximum absolute atomic E-state index is 13.3. The molecule has 0 saturated heterocycles. The van der Waals surface area contributed by atoms with E-state index >= 15 is 0 Å². The molecule has 0 saturated carbocycles. The van der Waals surface area contributed by atoms with Crippen LogP contribution in [-0.4, -0.2) is 19.7 Å². The van der Waals surface area contributed by atoms with Crippen molar-refractivity contribution in [3.05, 3.63) is 90.1 Å². The number of Topliss-reactive ketones (excluding diaryl/α,β-unsaturated/α-hetero) is 1. The number of hydrogen-bond acceptors (Lipinski definition) is 4. The van der Waals surface area contributed by atoms with Crippen LogP contribution in [0.5, 0.6) is 0 Å². The second kappa shape index (κ2) is 9.25. The van der Waals surface area contributed by atoms with Gasteiger partial charge in [0.15, 0.2) is 0 Å². The molecule has 31 heavy (non-hydrogen) atoms. The Morgan fingerprint density at radius 2 is 1.42 bits per heavy atom. The predicted molar refractivity (Wildman–Crippen MR) is 121 cm³/mol. The van der Waals surface area contributed by atoms with Gasteiger partial charge in [0.2, 0.25) is 0 Å². The first-order valence-electron chi connectivity index (χ1n) is 9.24. The molecule has 0 atom stereocenters. The summed E-state index contributed by atoms with van der Waals surface area (Å²) in [5.74, 6) is -0.325. The summed E-state index contributed by atoms with van der Waals surface area (Å²) in [6.45, 7) is 3.69. The second-order valence-corrected chi connectivity index (χ2v) is 13.5. The molecule has 2 aromatic rings. The van der Waals surface area contributed by atoms with Crippen molar-refractivity contribution in [1.82, 2.24) is 0 Å². The summed E-state index contributed by atoms with van der Waals surface area (Å²) >= 11 is -3.62. The number of halogens is 4. The van der Waals surface area contributed by atoms with Crippen LogP contribution in [0.1, 0.15) is 37.0 Å². The molecule has 0 bridgehead atoms. The topological polar surface area (TPSA) is 60.4 Å². The molecule has 1 aliphatic rings. The molecule has 0 fully saturated rings. The molecule has 1 aliphatic carbocycles. The van der Waals surface area contributed by atoms with Crippen molar-refractivity contribution in [2.75, 3.05) is 0 Å². The summed E-state index contributed by atoms with van der Waals surface area (Å²) in [5.41, 5.74) is -3.00. The van der Waals surface area contributed by atoms with Crippen molar-refractivity contribution in [3.8, 4) is 0 Å². The molecule has 0 radical (unpaired) electrons. The molecule has 166 valence electrons. The first-order valence-corrected chi connectivity index (χ1v) is 13.7. The quantitative estimate of drug-likeness (QED) is 0.176. The minimum absolute atomic E-state index is 0.201. The van der Waals surface area contributed by atoms with Crippen molar-refractivity contribution < 1.29 is 28.9 Å². The van der Waals surface area contributed by atoms with Gasteiger partial charge in [-0.3, -0.25) is 0 Å². The third-order valence-corrected chi connectivity index (χ3v) is 12.2. The SMILES string of the molecule is CC1=C(C)CC(I(OS(=O)(=O)C(F)(F)F)c2ccccc2)=C(C(=O)c2ccccc2)C1. The normalized spacial score (nSPS) is 15.8. The molecule has 0 unspecified atom stereocenters. The summed E-state index contributed by atoms with van der Waals surface area (Å²) < 4.78 is 69.0. The summed E-state index contributed by atoms with van der Waals surface area (Å²) in [7, 11) is -5.83. The third kappa shape index (κ3) is 5.27. The average molecular weight is 564 g/mol. The van der Waals surface area contributed by atoms with Crippen LogP contribution in [0, 0.1) is 3.57 Å². The molecule has 0 spiro atoms. The van der Waals surface area contributed by atoms with Gasteiger partial charge in [-0.05, 0) is 0 Å². The zero-order chi connectivity index (χ0) is 22.8. The van der Waals surface area contributed by atoms with E-state index in [-0.39, 0.29) is 18.6 Å². The van der Waals surface area contributed by atoms with Gasteiger partial charge in [-0.25, -0.2) is 0 Å². The second-order valence-electron chi connectivity index (χ2n) is 7.00. The van der Waals surface area contributed by atoms with Gasteiger partial charge in [0.05, 0.1) is 0 Å². The molecule has 0 amide bonds.